The van der Waals surface area contributed by atoms with Crippen molar-refractivity contribution in [2.45, 2.75) is 58.0 Å². The van der Waals surface area contributed by atoms with Crippen LogP contribution in [-0.2, 0) is 4.79 Å². The molecular formula is C13H27N3O. The standard InChI is InChI=1S/C13H27N3O/c1-3-14-13(17)7-9-15-11(2)10-12-6-4-5-8-16-12/h11-12,15-16H,3-10H2,1-2H3,(H,14,17). The van der Waals surface area contributed by atoms with Gasteiger partial charge in [-0.05, 0) is 39.7 Å². The minimum atomic E-state index is 0.142. The van der Waals surface area contributed by atoms with Crippen LogP contribution in [0.15, 0.2) is 0 Å². The molecule has 0 aromatic carbocycles. The summed E-state index contributed by atoms with van der Waals surface area (Å²) in [5.41, 5.74) is 0. The SMILES string of the molecule is CCNC(=O)CCNC(C)CC1CCCCN1. The smallest absolute Gasteiger partial charge is 0.221 e. The van der Waals surface area contributed by atoms with E-state index in [1.54, 1.807) is 0 Å². The van der Waals surface area contributed by atoms with Gasteiger partial charge in [0.1, 0.15) is 0 Å². The van der Waals surface area contributed by atoms with Crippen LogP contribution in [0.2, 0.25) is 0 Å². The first kappa shape index (κ1) is 14.5. The van der Waals surface area contributed by atoms with Crippen LogP contribution in [0.5, 0.6) is 0 Å². The summed E-state index contributed by atoms with van der Waals surface area (Å²) in [6, 6.07) is 1.15. The van der Waals surface area contributed by atoms with E-state index in [1.165, 1.54) is 19.3 Å². The number of carbonyl (C=O) groups is 1. The zero-order valence-electron chi connectivity index (χ0n) is 11.2. The summed E-state index contributed by atoms with van der Waals surface area (Å²) < 4.78 is 0. The molecule has 0 spiro atoms. The molecule has 0 saturated carbocycles. The highest BCUT2D eigenvalue weighted by Crippen LogP contribution is 2.11. The second-order valence-corrected chi connectivity index (χ2v) is 4.94. The molecule has 1 amide bonds. The number of hydrogen-bond donors (Lipinski definition) is 3. The van der Waals surface area contributed by atoms with Crippen molar-refractivity contribution in [2.75, 3.05) is 19.6 Å². The molecule has 3 N–H and O–H groups in total. The fourth-order valence-electron chi connectivity index (χ4n) is 2.35. The van der Waals surface area contributed by atoms with Crippen LogP contribution in [-0.4, -0.2) is 37.6 Å². The van der Waals surface area contributed by atoms with Crippen molar-refractivity contribution in [2.24, 2.45) is 0 Å². The first-order chi connectivity index (χ1) is 8.22. The zero-order chi connectivity index (χ0) is 12.5. The Morgan fingerprint density at radius 1 is 1.47 bits per heavy atom. The second kappa shape index (κ2) is 8.48. The Hall–Kier alpha value is -0.610. The largest absolute Gasteiger partial charge is 0.356 e. The van der Waals surface area contributed by atoms with E-state index in [-0.39, 0.29) is 5.91 Å². The summed E-state index contributed by atoms with van der Waals surface area (Å²) in [5, 5.41) is 9.78. The maximum Gasteiger partial charge on any atom is 0.221 e. The number of amides is 1. The van der Waals surface area contributed by atoms with Crippen molar-refractivity contribution in [1.82, 2.24) is 16.0 Å². The number of rotatable bonds is 7. The summed E-state index contributed by atoms with van der Waals surface area (Å²) in [6.45, 7) is 6.81. The van der Waals surface area contributed by atoms with Gasteiger partial charge in [-0.3, -0.25) is 4.79 Å². The number of carbonyl (C=O) groups excluding carboxylic acids is 1. The average molecular weight is 241 g/mol. The van der Waals surface area contributed by atoms with Gasteiger partial charge < -0.3 is 16.0 Å². The molecule has 17 heavy (non-hydrogen) atoms. The molecule has 2 unspecified atom stereocenters. The molecule has 0 radical (unpaired) electrons. The molecule has 0 aromatic heterocycles. The van der Waals surface area contributed by atoms with Crippen LogP contribution in [0, 0.1) is 0 Å². The second-order valence-electron chi connectivity index (χ2n) is 4.94. The van der Waals surface area contributed by atoms with Crippen molar-refractivity contribution in [3.63, 3.8) is 0 Å². The van der Waals surface area contributed by atoms with E-state index in [0.717, 1.165) is 26.1 Å². The zero-order valence-corrected chi connectivity index (χ0v) is 11.2. The first-order valence-electron chi connectivity index (χ1n) is 6.95. The highest BCUT2D eigenvalue weighted by Gasteiger charge is 2.15. The third kappa shape index (κ3) is 6.64. The third-order valence-electron chi connectivity index (χ3n) is 3.27. The highest BCUT2D eigenvalue weighted by molar-refractivity contribution is 5.75. The molecule has 0 aromatic rings. The first-order valence-corrected chi connectivity index (χ1v) is 6.95. The number of hydrogen-bond acceptors (Lipinski definition) is 3. The van der Waals surface area contributed by atoms with E-state index in [4.69, 9.17) is 0 Å². The van der Waals surface area contributed by atoms with Gasteiger partial charge in [-0.1, -0.05) is 6.42 Å². The van der Waals surface area contributed by atoms with Crippen LogP contribution >= 0.6 is 0 Å². The summed E-state index contributed by atoms with van der Waals surface area (Å²) >= 11 is 0. The van der Waals surface area contributed by atoms with E-state index >= 15 is 0 Å². The van der Waals surface area contributed by atoms with Gasteiger partial charge in [0.15, 0.2) is 0 Å². The number of nitrogens with one attached hydrogen (secondary N) is 3. The van der Waals surface area contributed by atoms with Crippen LogP contribution < -0.4 is 16.0 Å². The lowest BCUT2D eigenvalue weighted by Gasteiger charge is -2.26. The monoisotopic (exact) mass is 241 g/mol. The Bertz CT molecular complexity index is 215. The molecule has 0 aliphatic carbocycles. The van der Waals surface area contributed by atoms with E-state index in [2.05, 4.69) is 22.9 Å². The number of piperidine rings is 1. The molecule has 2 atom stereocenters. The Kier molecular flexibility index (Phi) is 7.21. The lowest BCUT2D eigenvalue weighted by Crippen LogP contribution is -2.40. The topological polar surface area (TPSA) is 53.2 Å². The van der Waals surface area contributed by atoms with Gasteiger partial charge in [0, 0.05) is 31.6 Å². The van der Waals surface area contributed by atoms with Crippen molar-refractivity contribution >= 4 is 5.91 Å². The molecule has 4 heteroatoms. The van der Waals surface area contributed by atoms with E-state index in [1.807, 2.05) is 6.92 Å². The van der Waals surface area contributed by atoms with Crippen molar-refractivity contribution in [1.29, 1.82) is 0 Å². The van der Waals surface area contributed by atoms with Crippen LogP contribution in [0.25, 0.3) is 0 Å². The predicted octanol–water partition coefficient (Wildman–Crippen LogP) is 1.02. The van der Waals surface area contributed by atoms with E-state index < -0.39 is 0 Å². The lowest BCUT2D eigenvalue weighted by atomic mass is 9.99. The normalized spacial score (nSPS) is 22.1. The van der Waals surface area contributed by atoms with Gasteiger partial charge in [0.25, 0.3) is 0 Å². The maximum absolute atomic E-state index is 11.3. The molecule has 1 heterocycles. The quantitative estimate of drug-likeness (QED) is 0.624. The minimum Gasteiger partial charge on any atom is -0.356 e. The molecule has 4 nitrogen and oxygen atoms in total. The van der Waals surface area contributed by atoms with E-state index in [0.29, 0.717) is 18.5 Å². The summed E-state index contributed by atoms with van der Waals surface area (Å²) in [7, 11) is 0. The average Bonchev–Trinajstić information content (AvgIpc) is 2.30. The maximum atomic E-state index is 11.3. The van der Waals surface area contributed by atoms with Gasteiger partial charge in [0.2, 0.25) is 5.91 Å². The lowest BCUT2D eigenvalue weighted by molar-refractivity contribution is -0.120. The molecular weight excluding hydrogens is 214 g/mol. The molecule has 1 saturated heterocycles. The van der Waals surface area contributed by atoms with Crippen LogP contribution in [0.4, 0.5) is 0 Å². The van der Waals surface area contributed by atoms with Gasteiger partial charge in [0.05, 0.1) is 0 Å². The summed E-state index contributed by atoms with van der Waals surface area (Å²) in [4.78, 5) is 11.3. The molecule has 100 valence electrons. The minimum absolute atomic E-state index is 0.142. The van der Waals surface area contributed by atoms with Crippen molar-refractivity contribution in [3.8, 4) is 0 Å². The van der Waals surface area contributed by atoms with E-state index in [9.17, 15) is 4.79 Å². The Balaban J connectivity index is 2.03. The van der Waals surface area contributed by atoms with Crippen molar-refractivity contribution < 1.29 is 4.79 Å². The molecule has 1 aliphatic rings. The van der Waals surface area contributed by atoms with Crippen LogP contribution in [0.1, 0.15) is 46.0 Å². The van der Waals surface area contributed by atoms with Gasteiger partial charge in [-0.15, -0.1) is 0 Å². The van der Waals surface area contributed by atoms with Gasteiger partial charge in [-0.25, -0.2) is 0 Å². The molecule has 1 fully saturated rings. The fraction of sp³-hybridized carbons (Fsp3) is 0.923. The van der Waals surface area contributed by atoms with Gasteiger partial charge in [-0.2, -0.15) is 0 Å². The Morgan fingerprint density at radius 2 is 2.29 bits per heavy atom. The third-order valence-corrected chi connectivity index (χ3v) is 3.27. The molecule has 0 bridgehead atoms. The van der Waals surface area contributed by atoms with Crippen molar-refractivity contribution in [3.05, 3.63) is 0 Å². The fourth-order valence-corrected chi connectivity index (χ4v) is 2.35. The van der Waals surface area contributed by atoms with Gasteiger partial charge >= 0.3 is 0 Å². The Labute approximate surface area is 105 Å². The van der Waals surface area contributed by atoms with Crippen LogP contribution in [0.3, 0.4) is 0 Å². The Morgan fingerprint density at radius 3 is 2.94 bits per heavy atom. The predicted molar refractivity (Wildman–Crippen MR) is 71.0 cm³/mol. The molecule has 1 rings (SSSR count). The highest BCUT2D eigenvalue weighted by atomic mass is 16.1. The summed E-state index contributed by atoms with van der Waals surface area (Å²) in [5.74, 6) is 0.142. The molecule has 1 aliphatic heterocycles. The summed E-state index contributed by atoms with van der Waals surface area (Å²) in [6.07, 6.45) is 5.70.